The molecule has 0 heterocycles. The molecule has 60 valence electrons. The molecule has 0 saturated carbocycles. The van der Waals surface area contributed by atoms with Gasteiger partial charge in [0, 0.05) is 13.0 Å². The lowest BCUT2D eigenvalue weighted by atomic mass is 10.2. The normalized spacial score (nSPS) is 9.70. The highest BCUT2D eigenvalue weighted by atomic mass is 16.6. The SMILES string of the molecule is O=C(O)CCCCOCO. The lowest BCUT2D eigenvalue weighted by Crippen LogP contribution is -1.98. The van der Waals surface area contributed by atoms with Crippen LogP contribution in [0.5, 0.6) is 0 Å². The third kappa shape index (κ3) is 7.39. The van der Waals surface area contributed by atoms with Gasteiger partial charge in [-0.05, 0) is 12.8 Å². The van der Waals surface area contributed by atoms with E-state index in [2.05, 4.69) is 4.74 Å². The van der Waals surface area contributed by atoms with Crippen LogP contribution in [-0.2, 0) is 9.53 Å². The van der Waals surface area contributed by atoms with Gasteiger partial charge in [0.25, 0.3) is 0 Å². The van der Waals surface area contributed by atoms with Crippen molar-refractivity contribution in [3.05, 3.63) is 0 Å². The molecule has 0 aliphatic carbocycles. The summed E-state index contributed by atoms with van der Waals surface area (Å²) in [4.78, 5) is 9.94. The minimum absolute atomic E-state index is 0.175. The molecule has 2 N–H and O–H groups in total. The predicted molar refractivity (Wildman–Crippen MR) is 34.5 cm³/mol. The molecule has 0 saturated heterocycles. The molecule has 0 aliphatic rings. The van der Waals surface area contributed by atoms with Gasteiger partial charge in [0.15, 0.2) is 0 Å². The number of unbranched alkanes of at least 4 members (excludes halogenated alkanes) is 1. The van der Waals surface area contributed by atoms with Crippen LogP contribution in [-0.4, -0.2) is 29.6 Å². The van der Waals surface area contributed by atoms with E-state index in [1.54, 1.807) is 0 Å². The molecule has 0 rings (SSSR count). The summed E-state index contributed by atoms with van der Waals surface area (Å²) in [6, 6.07) is 0. The van der Waals surface area contributed by atoms with Crippen molar-refractivity contribution in [2.45, 2.75) is 19.3 Å². The monoisotopic (exact) mass is 148 g/mol. The molecule has 0 aliphatic heterocycles. The summed E-state index contributed by atoms with van der Waals surface area (Å²) in [6.07, 6.45) is 1.47. The third-order valence-corrected chi connectivity index (χ3v) is 1.02. The molecule has 0 atom stereocenters. The minimum Gasteiger partial charge on any atom is -0.481 e. The zero-order valence-electron chi connectivity index (χ0n) is 5.75. The maximum atomic E-state index is 9.94. The predicted octanol–water partition coefficient (Wildman–Crippen LogP) is 0.208. The molecule has 0 aromatic heterocycles. The Morgan fingerprint density at radius 3 is 2.60 bits per heavy atom. The van der Waals surface area contributed by atoms with Crippen LogP contribution in [0.4, 0.5) is 0 Å². The molecule has 0 fully saturated rings. The largest absolute Gasteiger partial charge is 0.481 e. The standard InChI is InChI=1S/C6H12O4/c7-5-10-4-2-1-3-6(8)9/h7H,1-5H2,(H,8,9). The fourth-order valence-corrected chi connectivity index (χ4v) is 0.545. The van der Waals surface area contributed by atoms with Gasteiger partial charge in [-0.2, -0.15) is 0 Å². The van der Waals surface area contributed by atoms with Crippen molar-refractivity contribution < 1.29 is 19.7 Å². The van der Waals surface area contributed by atoms with E-state index in [-0.39, 0.29) is 13.2 Å². The van der Waals surface area contributed by atoms with Crippen molar-refractivity contribution in [3.8, 4) is 0 Å². The number of rotatable bonds is 6. The van der Waals surface area contributed by atoms with Crippen LogP contribution in [0.2, 0.25) is 0 Å². The van der Waals surface area contributed by atoms with Gasteiger partial charge in [-0.3, -0.25) is 4.79 Å². The van der Waals surface area contributed by atoms with Gasteiger partial charge >= 0.3 is 5.97 Å². The average molecular weight is 148 g/mol. The Balaban J connectivity index is 2.84. The van der Waals surface area contributed by atoms with Crippen LogP contribution in [0, 0.1) is 0 Å². The van der Waals surface area contributed by atoms with E-state index in [0.717, 1.165) is 0 Å². The zero-order chi connectivity index (χ0) is 7.82. The molecule has 0 amide bonds. The quantitative estimate of drug-likeness (QED) is 0.417. The highest BCUT2D eigenvalue weighted by Gasteiger charge is 1.94. The van der Waals surface area contributed by atoms with Crippen LogP contribution in [0.15, 0.2) is 0 Å². The molecule has 0 spiro atoms. The number of carboxylic acids is 1. The molecule has 0 unspecified atom stereocenters. The number of hydrogen-bond acceptors (Lipinski definition) is 3. The maximum Gasteiger partial charge on any atom is 0.303 e. The van der Waals surface area contributed by atoms with Gasteiger partial charge in [-0.1, -0.05) is 0 Å². The Kier molecular flexibility index (Phi) is 6.11. The first kappa shape index (κ1) is 9.39. The summed E-state index contributed by atoms with van der Waals surface area (Å²) >= 11 is 0. The van der Waals surface area contributed by atoms with E-state index in [1.807, 2.05) is 0 Å². The molecular weight excluding hydrogens is 136 g/mol. The molecule has 0 aromatic carbocycles. The van der Waals surface area contributed by atoms with Crippen molar-refractivity contribution in [2.24, 2.45) is 0 Å². The van der Waals surface area contributed by atoms with E-state index >= 15 is 0 Å². The number of hydrogen-bond donors (Lipinski definition) is 2. The van der Waals surface area contributed by atoms with E-state index in [4.69, 9.17) is 10.2 Å². The summed E-state index contributed by atoms with van der Waals surface area (Å²) in [7, 11) is 0. The van der Waals surface area contributed by atoms with Gasteiger partial charge in [-0.25, -0.2) is 0 Å². The Hall–Kier alpha value is -0.610. The van der Waals surface area contributed by atoms with Crippen molar-refractivity contribution in [2.75, 3.05) is 13.4 Å². The fraction of sp³-hybridized carbons (Fsp3) is 0.833. The molecule has 0 bridgehead atoms. The van der Waals surface area contributed by atoms with Crippen molar-refractivity contribution in [3.63, 3.8) is 0 Å². The summed E-state index contributed by atoms with van der Waals surface area (Å²) < 4.78 is 4.58. The Bertz CT molecular complexity index is 91.7. The number of carbonyl (C=O) groups is 1. The Labute approximate surface area is 59.4 Å². The highest BCUT2D eigenvalue weighted by molar-refractivity contribution is 5.66. The highest BCUT2D eigenvalue weighted by Crippen LogP contribution is 1.94. The number of carboxylic acid groups (broad SMARTS) is 1. The van der Waals surface area contributed by atoms with Crippen LogP contribution in [0.1, 0.15) is 19.3 Å². The number of aliphatic carboxylic acids is 1. The molecule has 10 heavy (non-hydrogen) atoms. The first-order valence-electron chi connectivity index (χ1n) is 3.17. The third-order valence-electron chi connectivity index (χ3n) is 1.02. The van der Waals surface area contributed by atoms with Crippen molar-refractivity contribution >= 4 is 5.97 Å². The van der Waals surface area contributed by atoms with E-state index in [9.17, 15) is 4.79 Å². The minimum atomic E-state index is -0.788. The average Bonchev–Trinajstić information content (AvgIpc) is 1.87. The second kappa shape index (κ2) is 6.51. The van der Waals surface area contributed by atoms with E-state index in [0.29, 0.717) is 19.4 Å². The van der Waals surface area contributed by atoms with Gasteiger partial charge in [0.1, 0.15) is 6.79 Å². The lowest BCUT2D eigenvalue weighted by Gasteiger charge is -1.97. The van der Waals surface area contributed by atoms with Crippen molar-refractivity contribution in [1.29, 1.82) is 0 Å². The second-order valence-corrected chi connectivity index (χ2v) is 1.89. The van der Waals surface area contributed by atoms with Crippen molar-refractivity contribution in [1.82, 2.24) is 0 Å². The summed E-state index contributed by atoms with van der Waals surface area (Å²) in [5.41, 5.74) is 0. The molecule has 0 radical (unpaired) electrons. The van der Waals surface area contributed by atoms with E-state index < -0.39 is 5.97 Å². The molecular formula is C6H12O4. The molecule has 4 heteroatoms. The van der Waals surface area contributed by atoms with Crippen LogP contribution >= 0.6 is 0 Å². The second-order valence-electron chi connectivity index (χ2n) is 1.89. The number of ether oxygens (including phenoxy) is 1. The summed E-state index contributed by atoms with van der Waals surface area (Å²) in [5, 5.41) is 16.3. The van der Waals surface area contributed by atoms with Crippen LogP contribution < -0.4 is 0 Å². The van der Waals surface area contributed by atoms with Gasteiger partial charge in [0.2, 0.25) is 0 Å². The first-order chi connectivity index (χ1) is 4.77. The molecule has 0 aromatic rings. The summed E-state index contributed by atoms with van der Waals surface area (Å²) in [6.45, 7) is 0.150. The van der Waals surface area contributed by atoms with Gasteiger partial charge < -0.3 is 14.9 Å². The first-order valence-corrected chi connectivity index (χ1v) is 3.17. The number of aliphatic hydroxyl groups is 1. The molecule has 4 nitrogen and oxygen atoms in total. The Morgan fingerprint density at radius 2 is 2.10 bits per heavy atom. The number of aliphatic hydroxyl groups excluding tert-OH is 1. The lowest BCUT2D eigenvalue weighted by molar-refractivity contribution is -0.137. The zero-order valence-corrected chi connectivity index (χ0v) is 5.75. The van der Waals surface area contributed by atoms with E-state index in [1.165, 1.54) is 0 Å². The van der Waals surface area contributed by atoms with Gasteiger partial charge in [-0.15, -0.1) is 0 Å². The van der Waals surface area contributed by atoms with Crippen LogP contribution in [0.25, 0.3) is 0 Å². The summed E-state index contributed by atoms with van der Waals surface area (Å²) in [5.74, 6) is -0.788. The van der Waals surface area contributed by atoms with Crippen LogP contribution in [0.3, 0.4) is 0 Å². The fourth-order valence-electron chi connectivity index (χ4n) is 0.545. The topological polar surface area (TPSA) is 66.8 Å². The van der Waals surface area contributed by atoms with Gasteiger partial charge in [0.05, 0.1) is 0 Å². The Morgan fingerprint density at radius 1 is 1.40 bits per heavy atom. The smallest absolute Gasteiger partial charge is 0.303 e. The maximum absolute atomic E-state index is 9.94.